The van der Waals surface area contributed by atoms with E-state index in [0.29, 0.717) is 30.6 Å². The van der Waals surface area contributed by atoms with E-state index in [9.17, 15) is 17.6 Å². The fourth-order valence-corrected chi connectivity index (χ4v) is 4.90. The average molecular weight is 368 g/mol. The van der Waals surface area contributed by atoms with Gasteiger partial charge in [0.25, 0.3) is 0 Å². The van der Waals surface area contributed by atoms with E-state index in [2.05, 4.69) is 31.2 Å². The van der Waals surface area contributed by atoms with Gasteiger partial charge in [-0.3, -0.25) is 0 Å². The van der Waals surface area contributed by atoms with Crippen LogP contribution in [0, 0.1) is 24.7 Å². The monoisotopic (exact) mass is 368 g/mol. The van der Waals surface area contributed by atoms with Crippen LogP contribution in [0.4, 0.5) is 17.6 Å². The molecule has 0 aliphatic heterocycles. The zero-order valence-corrected chi connectivity index (χ0v) is 15.4. The number of alkyl halides is 3. The molecule has 0 nitrogen and oxygen atoms in total. The number of hydrogen-bond donors (Lipinski definition) is 0. The quantitative estimate of drug-likeness (QED) is 0.485. The van der Waals surface area contributed by atoms with Crippen molar-refractivity contribution in [3.8, 4) is 0 Å². The van der Waals surface area contributed by atoms with Crippen LogP contribution in [0.5, 0.6) is 0 Å². The van der Waals surface area contributed by atoms with Gasteiger partial charge < -0.3 is 0 Å². The van der Waals surface area contributed by atoms with Crippen molar-refractivity contribution < 1.29 is 17.6 Å². The molecule has 2 aliphatic rings. The molecule has 0 N–H and O–H groups in total. The van der Waals surface area contributed by atoms with E-state index < -0.39 is 17.9 Å². The largest absolute Gasteiger partial charge is 0.412 e. The summed E-state index contributed by atoms with van der Waals surface area (Å²) in [5, 5.41) is 0. The molecule has 1 aromatic rings. The predicted molar refractivity (Wildman–Crippen MR) is 96.6 cm³/mol. The third-order valence-electron chi connectivity index (χ3n) is 6.45. The molecule has 0 amide bonds. The summed E-state index contributed by atoms with van der Waals surface area (Å²) in [6, 6.07) is 8.82. The van der Waals surface area contributed by atoms with Gasteiger partial charge in [0, 0.05) is 5.92 Å². The smallest absolute Gasteiger partial charge is 0.212 e. The Morgan fingerprint density at radius 2 is 1.35 bits per heavy atom. The first kappa shape index (κ1) is 19.4. The molecule has 0 spiro atoms. The van der Waals surface area contributed by atoms with E-state index >= 15 is 0 Å². The lowest BCUT2D eigenvalue weighted by molar-refractivity contribution is -0.0821. The van der Waals surface area contributed by atoms with Crippen molar-refractivity contribution in [3.05, 3.63) is 47.3 Å². The molecular weight excluding hydrogens is 340 g/mol. The second-order valence-electron chi connectivity index (χ2n) is 8.20. The topological polar surface area (TPSA) is 0 Å². The summed E-state index contributed by atoms with van der Waals surface area (Å²) >= 11 is 0. The van der Waals surface area contributed by atoms with E-state index in [0.717, 1.165) is 12.8 Å². The molecule has 0 atom stereocenters. The molecule has 0 unspecified atom stereocenters. The van der Waals surface area contributed by atoms with Gasteiger partial charge in [0.15, 0.2) is 0 Å². The molecule has 0 heterocycles. The van der Waals surface area contributed by atoms with E-state index in [-0.39, 0.29) is 6.08 Å². The van der Waals surface area contributed by atoms with Crippen molar-refractivity contribution in [1.29, 1.82) is 0 Å². The van der Waals surface area contributed by atoms with Crippen LogP contribution >= 0.6 is 0 Å². The zero-order valence-electron chi connectivity index (χ0n) is 15.4. The highest BCUT2D eigenvalue weighted by Crippen LogP contribution is 2.45. The minimum absolute atomic E-state index is 0.148. The maximum absolute atomic E-state index is 13.8. The lowest BCUT2D eigenvalue weighted by Gasteiger charge is -2.37. The summed E-state index contributed by atoms with van der Waals surface area (Å²) in [4.78, 5) is 0. The molecule has 0 aromatic heterocycles. The highest BCUT2D eigenvalue weighted by atomic mass is 19.4. The van der Waals surface area contributed by atoms with Gasteiger partial charge in [-0.05, 0) is 81.6 Å². The van der Waals surface area contributed by atoms with Gasteiger partial charge in [-0.2, -0.15) is 13.2 Å². The minimum atomic E-state index is -4.55. The van der Waals surface area contributed by atoms with Crippen molar-refractivity contribution in [2.24, 2.45) is 17.8 Å². The third kappa shape index (κ3) is 5.11. The molecule has 144 valence electrons. The maximum Gasteiger partial charge on any atom is 0.412 e. The Balaban J connectivity index is 1.48. The normalized spacial score (nSPS) is 31.0. The summed E-state index contributed by atoms with van der Waals surface area (Å²) < 4.78 is 50.7. The van der Waals surface area contributed by atoms with Gasteiger partial charge in [0.05, 0.1) is 6.08 Å². The Bertz CT molecular complexity index is 598. The number of benzene rings is 1. The molecule has 1 aromatic carbocycles. The molecule has 26 heavy (non-hydrogen) atoms. The second kappa shape index (κ2) is 8.14. The fraction of sp³-hybridized carbons (Fsp3) is 0.636. The van der Waals surface area contributed by atoms with E-state index in [4.69, 9.17) is 0 Å². The van der Waals surface area contributed by atoms with E-state index in [1.165, 1.54) is 36.8 Å². The number of halogens is 4. The lowest BCUT2D eigenvalue weighted by Crippen LogP contribution is -2.25. The van der Waals surface area contributed by atoms with Crippen LogP contribution < -0.4 is 0 Å². The number of allylic oxidation sites excluding steroid dienone is 2. The van der Waals surface area contributed by atoms with Crippen LogP contribution in [-0.4, -0.2) is 6.18 Å². The van der Waals surface area contributed by atoms with Crippen LogP contribution in [0.1, 0.15) is 68.4 Å². The van der Waals surface area contributed by atoms with Crippen LogP contribution in [-0.2, 0) is 0 Å². The molecule has 4 heteroatoms. The molecule has 0 radical (unpaired) electrons. The molecule has 2 saturated carbocycles. The first-order valence-corrected chi connectivity index (χ1v) is 9.83. The SMILES string of the molecule is Cc1ccc(C2CCC(C3CCC(C(F)=CC(F)(F)F)CC3)CC2)cc1. The van der Waals surface area contributed by atoms with Crippen LogP contribution in [0.25, 0.3) is 0 Å². The standard InChI is InChI=1S/C22H28F4/c1-15-2-4-16(5-3-15)17-6-8-18(9-7-17)19-10-12-20(13-11-19)21(23)14-22(24,25)26/h2-5,14,17-20H,6-13H2,1H3. The summed E-state index contributed by atoms with van der Waals surface area (Å²) in [6.45, 7) is 2.10. The highest BCUT2D eigenvalue weighted by molar-refractivity contribution is 5.24. The lowest BCUT2D eigenvalue weighted by atomic mass is 9.68. The van der Waals surface area contributed by atoms with Gasteiger partial charge in [0.2, 0.25) is 0 Å². The number of hydrogen-bond acceptors (Lipinski definition) is 0. The molecular formula is C22H28F4. The minimum Gasteiger partial charge on any atom is -0.212 e. The van der Waals surface area contributed by atoms with E-state index in [1.54, 1.807) is 0 Å². The third-order valence-corrected chi connectivity index (χ3v) is 6.45. The summed E-state index contributed by atoms with van der Waals surface area (Å²) in [7, 11) is 0. The molecule has 0 saturated heterocycles. The number of rotatable bonds is 3. The molecule has 2 fully saturated rings. The average Bonchev–Trinajstić information content (AvgIpc) is 2.61. The fourth-order valence-electron chi connectivity index (χ4n) is 4.90. The first-order valence-electron chi connectivity index (χ1n) is 9.83. The van der Waals surface area contributed by atoms with Crippen molar-refractivity contribution in [2.75, 3.05) is 0 Å². The van der Waals surface area contributed by atoms with Crippen LogP contribution in [0.3, 0.4) is 0 Å². The van der Waals surface area contributed by atoms with Crippen molar-refractivity contribution in [3.63, 3.8) is 0 Å². The Kier molecular flexibility index (Phi) is 6.09. The van der Waals surface area contributed by atoms with E-state index in [1.807, 2.05) is 0 Å². The van der Waals surface area contributed by atoms with Gasteiger partial charge in [-0.1, -0.05) is 29.8 Å². The van der Waals surface area contributed by atoms with Crippen molar-refractivity contribution >= 4 is 0 Å². The predicted octanol–water partition coefficient (Wildman–Crippen LogP) is 7.49. The van der Waals surface area contributed by atoms with Crippen LogP contribution in [0.2, 0.25) is 0 Å². The highest BCUT2D eigenvalue weighted by Gasteiger charge is 2.34. The van der Waals surface area contributed by atoms with Gasteiger partial charge in [-0.25, -0.2) is 4.39 Å². The Morgan fingerprint density at radius 1 is 0.846 bits per heavy atom. The molecule has 2 aliphatic carbocycles. The van der Waals surface area contributed by atoms with Crippen molar-refractivity contribution in [1.82, 2.24) is 0 Å². The van der Waals surface area contributed by atoms with Crippen LogP contribution in [0.15, 0.2) is 36.2 Å². The van der Waals surface area contributed by atoms with Crippen molar-refractivity contribution in [2.45, 2.75) is 70.4 Å². The second-order valence-corrected chi connectivity index (χ2v) is 8.20. The molecule has 3 rings (SSSR count). The Labute approximate surface area is 153 Å². The Morgan fingerprint density at radius 3 is 1.85 bits per heavy atom. The zero-order chi connectivity index (χ0) is 18.7. The van der Waals surface area contributed by atoms with Gasteiger partial charge >= 0.3 is 6.18 Å². The van der Waals surface area contributed by atoms with Gasteiger partial charge in [0.1, 0.15) is 5.83 Å². The summed E-state index contributed by atoms with van der Waals surface area (Å²) in [6.07, 6.45) is 2.91. The summed E-state index contributed by atoms with van der Waals surface area (Å²) in [5.41, 5.74) is 2.71. The maximum atomic E-state index is 13.8. The molecule has 0 bridgehead atoms. The first-order chi connectivity index (χ1) is 12.3. The summed E-state index contributed by atoms with van der Waals surface area (Å²) in [5.74, 6) is 0.349. The van der Waals surface area contributed by atoms with Gasteiger partial charge in [-0.15, -0.1) is 0 Å². The Hall–Kier alpha value is -1.32. The number of aryl methyl sites for hydroxylation is 1.